The molecule has 0 fully saturated rings. The zero-order valence-electron chi connectivity index (χ0n) is 10.3. The third kappa shape index (κ3) is 3.30. The summed E-state index contributed by atoms with van der Waals surface area (Å²) >= 11 is 0. The van der Waals surface area contributed by atoms with Crippen LogP contribution in [-0.2, 0) is 13.2 Å². The van der Waals surface area contributed by atoms with E-state index in [2.05, 4.69) is 0 Å². The summed E-state index contributed by atoms with van der Waals surface area (Å²) in [5.74, 6) is 0.193. The van der Waals surface area contributed by atoms with Gasteiger partial charge in [-0.1, -0.05) is 18.2 Å². The van der Waals surface area contributed by atoms with Crippen LogP contribution in [0.5, 0.6) is 5.75 Å². The molecule has 0 radical (unpaired) electrons. The standard InChI is InChI=1S/C15H13FN2O/c16-15-6-3-12(7-13(15)9-18)10-19-14-4-1-11(8-17)2-5-14/h1-7H,8,10,17H2. The Bertz CT molecular complexity index is 603. The fraction of sp³-hybridized carbons (Fsp3) is 0.133. The average Bonchev–Trinajstić information content (AvgIpc) is 2.47. The second kappa shape index (κ2) is 5.98. The molecule has 19 heavy (non-hydrogen) atoms. The van der Waals surface area contributed by atoms with Crippen molar-refractivity contribution in [2.75, 3.05) is 0 Å². The van der Waals surface area contributed by atoms with Crippen LogP contribution in [-0.4, -0.2) is 0 Å². The monoisotopic (exact) mass is 256 g/mol. The number of nitrogens with zero attached hydrogens (tertiary/aromatic N) is 1. The lowest BCUT2D eigenvalue weighted by molar-refractivity contribution is 0.306. The summed E-state index contributed by atoms with van der Waals surface area (Å²) in [5, 5.41) is 8.74. The highest BCUT2D eigenvalue weighted by molar-refractivity contribution is 5.34. The van der Waals surface area contributed by atoms with Gasteiger partial charge in [-0.3, -0.25) is 0 Å². The van der Waals surface area contributed by atoms with Gasteiger partial charge in [0.05, 0.1) is 5.56 Å². The summed E-state index contributed by atoms with van der Waals surface area (Å²) in [6.45, 7) is 0.778. The molecule has 0 amide bonds. The Hall–Kier alpha value is -2.38. The lowest BCUT2D eigenvalue weighted by Gasteiger charge is -2.07. The second-order valence-electron chi connectivity index (χ2n) is 4.06. The van der Waals surface area contributed by atoms with Gasteiger partial charge in [0.2, 0.25) is 0 Å². The molecule has 2 N–H and O–H groups in total. The second-order valence-corrected chi connectivity index (χ2v) is 4.06. The number of rotatable bonds is 4. The Balaban J connectivity index is 2.04. The number of hydrogen-bond donors (Lipinski definition) is 1. The van der Waals surface area contributed by atoms with E-state index in [0.717, 1.165) is 11.1 Å². The minimum Gasteiger partial charge on any atom is -0.489 e. The Labute approximate surface area is 111 Å². The summed E-state index contributed by atoms with van der Waals surface area (Å²) < 4.78 is 18.7. The van der Waals surface area contributed by atoms with Crippen LogP contribution < -0.4 is 10.5 Å². The van der Waals surface area contributed by atoms with Gasteiger partial charge in [0, 0.05) is 6.54 Å². The molecule has 0 aliphatic carbocycles. The van der Waals surface area contributed by atoms with Crippen LogP contribution >= 0.6 is 0 Å². The number of nitriles is 1. The van der Waals surface area contributed by atoms with Crippen molar-refractivity contribution in [3.8, 4) is 11.8 Å². The van der Waals surface area contributed by atoms with Crippen LogP contribution in [0.1, 0.15) is 16.7 Å². The quantitative estimate of drug-likeness (QED) is 0.915. The average molecular weight is 256 g/mol. The third-order valence-electron chi connectivity index (χ3n) is 2.72. The van der Waals surface area contributed by atoms with Crippen molar-refractivity contribution in [2.45, 2.75) is 13.2 Å². The van der Waals surface area contributed by atoms with Crippen LogP contribution in [0.2, 0.25) is 0 Å². The first-order valence-electron chi connectivity index (χ1n) is 5.83. The molecule has 2 rings (SSSR count). The van der Waals surface area contributed by atoms with Crippen LogP contribution in [0.25, 0.3) is 0 Å². The first-order chi connectivity index (χ1) is 9.22. The molecule has 96 valence electrons. The van der Waals surface area contributed by atoms with Crippen LogP contribution in [0.15, 0.2) is 42.5 Å². The molecule has 0 aliphatic rings. The van der Waals surface area contributed by atoms with Gasteiger partial charge in [0.1, 0.15) is 24.2 Å². The van der Waals surface area contributed by atoms with Crippen molar-refractivity contribution in [2.24, 2.45) is 5.73 Å². The molecule has 0 aliphatic heterocycles. The lowest BCUT2D eigenvalue weighted by Crippen LogP contribution is -1.98. The van der Waals surface area contributed by atoms with E-state index in [1.807, 2.05) is 24.3 Å². The fourth-order valence-electron chi connectivity index (χ4n) is 1.64. The van der Waals surface area contributed by atoms with E-state index in [-0.39, 0.29) is 12.2 Å². The molecule has 3 nitrogen and oxygen atoms in total. The molecule has 0 heterocycles. The molecule has 0 unspecified atom stereocenters. The van der Waals surface area contributed by atoms with Crippen molar-refractivity contribution >= 4 is 0 Å². The number of ether oxygens (including phenoxy) is 1. The highest BCUT2D eigenvalue weighted by Gasteiger charge is 2.03. The maximum Gasteiger partial charge on any atom is 0.140 e. The summed E-state index contributed by atoms with van der Waals surface area (Å²) in [7, 11) is 0. The fourth-order valence-corrected chi connectivity index (χ4v) is 1.64. The minimum absolute atomic E-state index is 0.0274. The van der Waals surface area contributed by atoms with Crippen molar-refractivity contribution in [3.63, 3.8) is 0 Å². The van der Waals surface area contributed by atoms with Gasteiger partial charge in [-0.05, 0) is 35.4 Å². The van der Waals surface area contributed by atoms with Crippen molar-refractivity contribution in [1.82, 2.24) is 0 Å². The van der Waals surface area contributed by atoms with Crippen LogP contribution in [0.4, 0.5) is 4.39 Å². The van der Waals surface area contributed by atoms with Gasteiger partial charge in [-0.2, -0.15) is 5.26 Å². The SMILES string of the molecule is N#Cc1cc(COc2ccc(CN)cc2)ccc1F. The Morgan fingerprint density at radius 3 is 2.42 bits per heavy atom. The van der Waals surface area contributed by atoms with Gasteiger partial charge in [-0.15, -0.1) is 0 Å². The summed E-state index contributed by atoms with van der Waals surface area (Å²) in [6.07, 6.45) is 0. The Morgan fingerprint density at radius 2 is 1.79 bits per heavy atom. The third-order valence-corrected chi connectivity index (χ3v) is 2.72. The maximum atomic E-state index is 13.1. The van der Waals surface area contributed by atoms with E-state index in [1.54, 1.807) is 12.1 Å². The number of hydrogen-bond acceptors (Lipinski definition) is 3. The summed E-state index contributed by atoms with van der Waals surface area (Å²) in [4.78, 5) is 0. The molecule has 0 aromatic heterocycles. The molecule has 4 heteroatoms. The van der Waals surface area contributed by atoms with E-state index in [0.29, 0.717) is 12.3 Å². The molecule has 0 atom stereocenters. The topological polar surface area (TPSA) is 59.0 Å². The molecule has 0 saturated carbocycles. The smallest absolute Gasteiger partial charge is 0.140 e. The van der Waals surface area contributed by atoms with Gasteiger partial charge in [-0.25, -0.2) is 4.39 Å². The van der Waals surface area contributed by atoms with E-state index >= 15 is 0 Å². The van der Waals surface area contributed by atoms with Gasteiger partial charge >= 0.3 is 0 Å². The summed E-state index contributed by atoms with van der Waals surface area (Å²) in [6, 6.07) is 13.6. The van der Waals surface area contributed by atoms with E-state index in [4.69, 9.17) is 15.7 Å². The number of benzene rings is 2. The largest absolute Gasteiger partial charge is 0.489 e. The van der Waals surface area contributed by atoms with Crippen molar-refractivity contribution in [3.05, 3.63) is 65.0 Å². The van der Waals surface area contributed by atoms with Crippen molar-refractivity contribution in [1.29, 1.82) is 5.26 Å². The first-order valence-corrected chi connectivity index (χ1v) is 5.83. The molecule has 0 saturated heterocycles. The van der Waals surface area contributed by atoms with Gasteiger partial charge < -0.3 is 10.5 Å². The minimum atomic E-state index is -0.515. The van der Waals surface area contributed by atoms with Crippen LogP contribution in [0.3, 0.4) is 0 Å². The molecular weight excluding hydrogens is 243 g/mol. The molecule has 2 aromatic rings. The van der Waals surface area contributed by atoms with Gasteiger partial charge in [0.15, 0.2) is 0 Å². The van der Waals surface area contributed by atoms with Gasteiger partial charge in [0.25, 0.3) is 0 Å². The first kappa shape index (κ1) is 13.1. The number of nitrogens with two attached hydrogens (primary N) is 1. The Morgan fingerprint density at radius 1 is 1.11 bits per heavy atom. The normalized spacial score (nSPS) is 9.95. The predicted octanol–water partition coefficient (Wildman–Crippen LogP) is 2.74. The number of halogens is 1. The summed E-state index contributed by atoms with van der Waals surface area (Å²) in [5.41, 5.74) is 7.31. The molecular formula is C15H13FN2O. The van der Waals surface area contributed by atoms with E-state index in [9.17, 15) is 4.39 Å². The maximum absolute atomic E-state index is 13.1. The molecule has 0 spiro atoms. The van der Waals surface area contributed by atoms with E-state index < -0.39 is 5.82 Å². The zero-order chi connectivity index (χ0) is 13.7. The Kier molecular flexibility index (Phi) is 4.11. The predicted molar refractivity (Wildman–Crippen MR) is 69.8 cm³/mol. The molecule has 0 bridgehead atoms. The van der Waals surface area contributed by atoms with Crippen LogP contribution in [0, 0.1) is 17.1 Å². The highest BCUT2D eigenvalue weighted by Crippen LogP contribution is 2.15. The lowest BCUT2D eigenvalue weighted by atomic mass is 10.1. The van der Waals surface area contributed by atoms with Crippen molar-refractivity contribution < 1.29 is 9.13 Å². The highest BCUT2D eigenvalue weighted by atomic mass is 19.1. The zero-order valence-corrected chi connectivity index (χ0v) is 10.3. The molecule has 2 aromatic carbocycles. The van der Waals surface area contributed by atoms with E-state index in [1.165, 1.54) is 12.1 Å².